The Balaban J connectivity index is 1.73. The highest BCUT2D eigenvalue weighted by Gasteiger charge is 2.38. The number of esters is 1. The highest BCUT2D eigenvalue weighted by Crippen LogP contribution is 2.52. The number of ether oxygens (including phenoxy) is 1. The first-order valence-corrected chi connectivity index (χ1v) is 8.95. The van der Waals surface area contributed by atoms with Gasteiger partial charge < -0.3 is 10.1 Å². The largest absolute Gasteiger partial charge is 0.465 e. The van der Waals surface area contributed by atoms with Crippen molar-refractivity contribution in [1.82, 2.24) is 0 Å². The zero-order valence-corrected chi connectivity index (χ0v) is 15.1. The van der Waals surface area contributed by atoms with Crippen molar-refractivity contribution in [3.05, 3.63) is 75.3 Å². The summed E-state index contributed by atoms with van der Waals surface area (Å²) in [5.41, 5.74) is 3.76. The van der Waals surface area contributed by atoms with Gasteiger partial charge in [-0.25, -0.2) is 4.79 Å². The smallest absolute Gasteiger partial charge is 0.337 e. The van der Waals surface area contributed by atoms with Crippen molar-refractivity contribution in [2.24, 2.45) is 5.92 Å². The Morgan fingerprint density at radius 1 is 1.16 bits per heavy atom. The van der Waals surface area contributed by atoms with E-state index in [2.05, 4.69) is 23.5 Å². The first-order valence-electron chi connectivity index (χ1n) is 8.19. The van der Waals surface area contributed by atoms with Crippen molar-refractivity contribution < 1.29 is 9.53 Å². The van der Waals surface area contributed by atoms with Gasteiger partial charge in [0, 0.05) is 5.92 Å². The van der Waals surface area contributed by atoms with Gasteiger partial charge in [-0.05, 0) is 41.7 Å². The average Bonchev–Trinajstić information content (AvgIpc) is 3.13. The lowest BCUT2D eigenvalue weighted by Crippen LogP contribution is -2.29. The molecule has 3 nitrogen and oxygen atoms in total. The summed E-state index contributed by atoms with van der Waals surface area (Å²) >= 11 is 12.7. The molecule has 0 unspecified atom stereocenters. The van der Waals surface area contributed by atoms with Crippen molar-refractivity contribution in [2.75, 3.05) is 12.4 Å². The van der Waals surface area contributed by atoms with E-state index in [4.69, 9.17) is 27.9 Å². The number of halogens is 2. The molecule has 0 saturated heterocycles. The number of allylic oxidation sites excluding steroid dienone is 2. The Morgan fingerprint density at radius 3 is 2.64 bits per heavy atom. The topological polar surface area (TPSA) is 38.3 Å². The average molecular weight is 374 g/mol. The zero-order chi connectivity index (χ0) is 17.6. The molecular weight excluding hydrogens is 357 g/mol. The first kappa shape index (κ1) is 16.5. The van der Waals surface area contributed by atoms with E-state index in [-0.39, 0.29) is 12.0 Å². The molecule has 1 heterocycles. The van der Waals surface area contributed by atoms with Gasteiger partial charge in [0.05, 0.1) is 34.4 Å². The molecule has 5 heteroatoms. The summed E-state index contributed by atoms with van der Waals surface area (Å²) in [7, 11) is 1.39. The molecule has 1 N–H and O–H groups in total. The molecule has 0 spiro atoms. The number of rotatable bonds is 2. The summed E-state index contributed by atoms with van der Waals surface area (Å²) in [6.45, 7) is 0. The predicted octanol–water partition coefficient (Wildman–Crippen LogP) is 5.61. The fourth-order valence-corrected chi connectivity index (χ4v) is 4.26. The van der Waals surface area contributed by atoms with Crippen LogP contribution in [0.25, 0.3) is 0 Å². The lowest BCUT2D eigenvalue weighted by atomic mass is 9.77. The number of hydrogen-bond acceptors (Lipinski definition) is 3. The third-order valence-corrected chi connectivity index (χ3v) is 5.92. The molecular formula is C20H17Cl2NO2. The van der Waals surface area contributed by atoms with Gasteiger partial charge in [-0.2, -0.15) is 0 Å². The summed E-state index contributed by atoms with van der Waals surface area (Å²) in [5.74, 6) is 0.397. The number of carbonyl (C=O) groups excluding carboxylic acids is 1. The highest BCUT2D eigenvalue weighted by molar-refractivity contribution is 6.43. The molecule has 0 bridgehead atoms. The normalized spacial score (nSPS) is 23.6. The number of methoxy groups -OCH3 is 1. The van der Waals surface area contributed by atoms with E-state index < -0.39 is 0 Å². The fraction of sp³-hybridized carbons (Fsp3) is 0.250. The van der Waals surface area contributed by atoms with Crippen LogP contribution >= 0.6 is 23.2 Å². The minimum Gasteiger partial charge on any atom is -0.465 e. The maximum atomic E-state index is 11.6. The van der Waals surface area contributed by atoms with Crippen LogP contribution in [0.4, 0.5) is 5.69 Å². The molecule has 2 aromatic carbocycles. The highest BCUT2D eigenvalue weighted by atomic mass is 35.5. The number of hydrogen-bond donors (Lipinski definition) is 1. The zero-order valence-electron chi connectivity index (χ0n) is 13.6. The second kappa shape index (κ2) is 6.40. The minimum atomic E-state index is -0.330. The lowest BCUT2D eigenvalue weighted by molar-refractivity contribution is 0.0600. The van der Waals surface area contributed by atoms with Crippen LogP contribution in [0.15, 0.2) is 48.6 Å². The molecule has 2 aromatic rings. The van der Waals surface area contributed by atoms with E-state index in [9.17, 15) is 4.79 Å². The van der Waals surface area contributed by atoms with Crippen LogP contribution < -0.4 is 5.32 Å². The molecule has 0 fully saturated rings. The predicted molar refractivity (Wildman–Crippen MR) is 101 cm³/mol. The number of nitrogens with one attached hydrogen (secondary N) is 1. The SMILES string of the molecule is COC(=O)c1ccc([C@H]2Nc3c(ccc(Cl)c3Cl)[C@H]3C=CC[C@H]32)cc1. The minimum absolute atomic E-state index is 0.107. The van der Waals surface area contributed by atoms with Crippen LogP contribution in [0.1, 0.15) is 39.9 Å². The Bertz CT molecular complexity index is 861. The summed E-state index contributed by atoms with van der Waals surface area (Å²) in [6, 6.07) is 11.6. The Hall–Kier alpha value is -1.97. The molecule has 2 aliphatic rings. The van der Waals surface area contributed by atoms with Crippen molar-refractivity contribution in [1.29, 1.82) is 0 Å². The molecule has 3 atom stereocenters. The molecule has 0 amide bonds. The maximum Gasteiger partial charge on any atom is 0.337 e. The van der Waals surface area contributed by atoms with Gasteiger partial charge >= 0.3 is 5.97 Å². The van der Waals surface area contributed by atoms with E-state index in [1.165, 1.54) is 12.7 Å². The van der Waals surface area contributed by atoms with Crippen molar-refractivity contribution in [2.45, 2.75) is 18.4 Å². The Kier molecular flexibility index (Phi) is 4.22. The third-order valence-electron chi connectivity index (χ3n) is 5.12. The van der Waals surface area contributed by atoms with Crippen LogP contribution in [0, 0.1) is 5.92 Å². The van der Waals surface area contributed by atoms with Gasteiger partial charge in [-0.15, -0.1) is 0 Å². The van der Waals surface area contributed by atoms with Gasteiger partial charge in [0.2, 0.25) is 0 Å². The van der Waals surface area contributed by atoms with E-state index in [1.807, 2.05) is 18.2 Å². The molecule has 4 rings (SSSR count). The van der Waals surface area contributed by atoms with Gasteiger partial charge in [0.1, 0.15) is 0 Å². The van der Waals surface area contributed by atoms with E-state index in [1.54, 1.807) is 12.1 Å². The van der Waals surface area contributed by atoms with Gasteiger partial charge in [0.25, 0.3) is 0 Å². The van der Waals surface area contributed by atoms with Crippen LogP contribution in [0.3, 0.4) is 0 Å². The molecule has 1 aliphatic carbocycles. The molecule has 0 saturated carbocycles. The molecule has 1 aliphatic heterocycles. The first-order chi connectivity index (χ1) is 12.1. The monoisotopic (exact) mass is 373 g/mol. The summed E-state index contributed by atoms with van der Waals surface area (Å²) in [6.07, 6.45) is 5.48. The molecule has 25 heavy (non-hydrogen) atoms. The molecule has 0 radical (unpaired) electrons. The number of fused-ring (bicyclic) bond motifs is 3. The number of anilines is 1. The van der Waals surface area contributed by atoms with Crippen LogP contribution in [-0.2, 0) is 4.74 Å². The van der Waals surface area contributed by atoms with Gasteiger partial charge in [-0.3, -0.25) is 0 Å². The van der Waals surface area contributed by atoms with Crippen LogP contribution in [-0.4, -0.2) is 13.1 Å². The van der Waals surface area contributed by atoms with Crippen molar-refractivity contribution >= 4 is 34.9 Å². The molecule has 128 valence electrons. The maximum absolute atomic E-state index is 11.6. The fourth-order valence-electron chi connectivity index (χ4n) is 3.88. The Morgan fingerprint density at radius 2 is 1.92 bits per heavy atom. The lowest BCUT2D eigenvalue weighted by Gasteiger charge is -2.38. The third kappa shape index (κ3) is 2.72. The second-order valence-corrected chi connectivity index (χ2v) is 7.20. The standard InChI is InChI=1S/C20H17Cl2NO2/c1-25-20(24)12-7-5-11(6-8-12)18-14-4-2-3-13(14)15-9-10-16(21)17(22)19(15)23-18/h2-3,5-10,13-14,18,23H,4H2,1H3/t13-,14+,18+/m0/s1. The van der Waals surface area contributed by atoms with Crippen LogP contribution in [0.2, 0.25) is 10.0 Å². The van der Waals surface area contributed by atoms with Gasteiger partial charge in [-0.1, -0.05) is 53.6 Å². The quantitative estimate of drug-likeness (QED) is 0.549. The van der Waals surface area contributed by atoms with Gasteiger partial charge in [0.15, 0.2) is 0 Å². The number of carbonyl (C=O) groups is 1. The Labute approximate surface area is 156 Å². The molecule has 0 aromatic heterocycles. The number of benzene rings is 2. The summed E-state index contributed by atoms with van der Waals surface area (Å²) in [4.78, 5) is 11.6. The summed E-state index contributed by atoms with van der Waals surface area (Å²) < 4.78 is 4.77. The van der Waals surface area contributed by atoms with Crippen LogP contribution in [0.5, 0.6) is 0 Å². The second-order valence-electron chi connectivity index (χ2n) is 6.41. The van der Waals surface area contributed by atoms with E-state index in [0.29, 0.717) is 27.4 Å². The van der Waals surface area contributed by atoms with E-state index in [0.717, 1.165) is 17.7 Å². The summed E-state index contributed by atoms with van der Waals surface area (Å²) in [5, 5.41) is 4.70. The van der Waals surface area contributed by atoms with E-state index >= 15 is 0 Å². The van der Waals surface area contributed by atoms with Crippen molar-refractivity contribution in [3.8, 4) is 0 Å². The van der Waals surface area contributed by atoms with Crippen molar-refractivity contribution in [3.63, 3.8) is 0 Å².